The van der Waals surface area contributed by atoms with Crippen molar-refractivity contribution in [3.05, 3.63) is 40.6 Å². The van der Waals surface area contributed by atoms with Gasteiger partial charge in [-0.2, -0.15) is 0 Å². The standard InChI is InChI=1S/C16H20N6S/c1-13-18-14(12-23-13)11-20-6-2-7-21(10-9-20)16-4-3-15-17-5-8-22(15)19-16/h3-5,8,12H,2,6-7,9-11H2,1H3. The molecule has 1 fully saturated rings. The van der Waals surface area contributed by atoms with E-state index in [-0.39, 0.29) is 0 Å². The number of aryl methyl sites for hydroxylation is 1. The number of aromatic nitrogens is 4. The first kappa shape index (κ1) is 14.6. The summed E-state index contributed by atoms with van der Waals surface area (Å²) in [6.45, 7) is 7.21. The third-order valence-corrected chi connectivity index (χ3v) is 5.03. The van der Waals surface area contributed by atoms with Gasteiger partial charge in [0.1, 0.15) is 5.82 Å². The molecule has 0 radical (unpaired) electrons. The molecule has 0 aliphatic carbocycles. The molecule has 1 aliphatic heterocycles. The maximum absolute atomic E-state index is 4.66. The molecule has 3 aromatic heterocycles. The third kappa shape index (κ3) is 3.20. The smallest absolute Gasteiger partial charge is 0.153 e. The van der Waals surface area contributed by atoms with Crippen LogP contribution in [-0.2, 0) is 6.54 Å². The zero-order valence-electron chi connectivity index (χ0n) is 13.2. The second-order valence-electron chi connectivity index (χ2n) is 5.90. The van der Waals surface area contributed by atoms with E-state index < -0.39 is 0 Å². The van der Waals surface area contributed by atoms with Gasteiger partial charge in [-0.05, 0) is 25.5 Å². The zero-order chi connectivity index (χ0) is 15.6. The predicted molar refractivity (Wildman–Crippen MR) is 91.9 cm³/mol. The Morgan fingerprint density at radius 2 is 2.13 bits per heavy atom. The molecule has 0 unspecified atom stereocenters. The molecule has 0 aromatic carbocycles. The minimum atomic E-state index is 0.893. The Morgan fingerprint density at radius 1 is 1.17 bits per heavy atom. The van der Waals surface area contributed by atoms with Crippen LogP contribution in [0.3, 0.4) is 0 Å². The summed E-state index contributed by atoms with van der Waals surface area (Å²) in [7, 11) is 0. The van der Waals surface area contributed by atoms with Crippen molar-refractivity contribution in [1.29, 1.82) is 0 Å². The molecule has 1 aliphatic rings. The number of hydrogen-bond donors (Lipinski definition) is 0. The predicted octanol–water partition coefficient (Wildman–Crippen LogP) is 2.21. The third-order valence-electron chi connectivity index (χ3n) is 4.21. The summed E-state index contributed by atoms with van der Waals surface area (Å²) < 4.78 is 1.84. The van der Waals surface area contributed by atoms with Crippen molar-refractivity contribution in [3.63, 3.8) is 0 Å². The van der Waals surface area contributed by atoms with Crippen LogP contribution in [0.25, 0.3) is 5.65 Å². The second-order valence-corrected chi connectivity index (χ2v) is 6.96. The SMILES string of the molecule is Cc1nc(CN2CCCN(c3ccc4nccn4n3)CC2)cs1. The van der Waals surface area contributed by atoms with Gasteiger partial charge in [-0.1, -0.05) is 0 Å². The van der Waals surface area contributed by atoms with Gasteiger partial charge in [0, 0.05) is 50.5 Å². The molecular weight excluding hydrogens is 308 g/mol. The Morgan fingerprint density at radius 3 is 3.00 bits per heavy atom. The van der Waals surface area contributed by atoms with E-state index >= 15 is 0 Å². The lowest BCUT2D eigenvalue weighted by atomic mass is 10.3. The van der Waals surface area contributed by atoms with Gasteiger partial charge in [0.25, 0.3) is 0 Å². The average molecular weight is 328 g/mol. The lowest BCUT2D eigenvalue weighted by Crippen LogP contribution is -2.31. The van der Waals surface area contributed by atoms with Crippen molar-refractivity contribution in [3.8, 4) is 0 Å². The van der Waals surface area contributed by atoms with Gasteiger partial charge >= 0.3 is 0 Å². The van der Waals surface area contributed by atoms with Crippen LogP contribution >= 0.6 is 11.3 Å². The van der Waals surface area contributed by atoms with Gasteiger partial charge in [0.15, 0.2) is 5.65 Å². The molecule has 0 N–H and O–H groups in total. The van der Waals surface area contributed by atoms with Crippen LogP contribution < -0.4 is 4.90 Å². The topological polar surface area (TPSA) is 49.6 Å². The van der Waals surface area contributed by atoms with Crippen molar-refractivity contribution in [2.24, 2.45) is 0 Å². The summed E-state index contributed by atoms with van der Waals surface area (Å²) in [6.07, 6.45) is 4.83. The summed E-state index contributed by atoms with van der Waals surface area (Å²) in [4.78, 5) is 13.7. The fraction of sp³-hybridized carbons (Fsp3) is 0.438. The highest BCUT2D eigenvalue weighted by molar-refractivity contribution is 7.09. The van der Waals surface area contributed by atoms with E-state index in [4.69, 9.17) is 0 Å². The highest BCUT2D eigenvalue weighted by Gasteiger charge is 2.17. The lowest BCUT2D eigenvalue weighted by molar-refractivity contribution is 0.282. The van der Waals surface area contributed by atoms with Crippen LogP contribution in [0.5, 0.6) is 0 Å². The fourth-order valence-electron chi connectivity index (χ4n) is 3.04. The van der Waals surface area contributed by atoms with Crippen molar-refractivity contribution >= 4 is 22.8 Å². The minimum Gasteiger partial charge on any atom is -0.354 e. The minimum absolute atomic E-state index is 0.893. The molecular formula is C16H20N6S. The number of hydrogen-bond acceptors (Lipinski definition) is 6. The maximum atomic E-state index is 4.66. The number of rotatable bonds is 3. The molecule has 1 saturated heterocycles. The van der Waals surface area contributed by atoms with Crippen LogP contribution in [0, 0.1) is 6.92 Å². The first-order chi connectivity index (χ1) is 11.3. The number of fused-ring (bicyclic) bond motifs is 1. The molecule has 7 heteroatoms. The average Bonchev–Trinajstić information content (AvgIpc) is 3.11. The van der Waals surface area contributed by atoms with E-state index in [1.807, 2.05) is 16.8 Å². The van der Waals surface area contributed by atoms with Gasteiger partial charge in [-0.25, -0.2) is 14.5 Å². The Labute approximate surface area is 139 Å². The summed E-state index contributed by atoms with van der Waals surface area (Å²) in [5, 5.41) is 7.98. The van der Waals surface area contributed by atoms with Crippen LogP contribution in [0.1, 0.15) is 17.1 Å². The number of anilines is 1. The van der Waals surface area contributed by atoms with Gasteiger partial charge < -0.3 is 4.90 Å². The van der Waals surface area contributed by atoms with Crippen molar-refractivity contribution < 1.29 is 0 Å². The second kappa shape index (κ2) is 6.25. The Balaban J connectivity index is 1.44. The van der Waals surface area contributed by atoms with E-state index in [0.717, 1.165) is 55.6 Å². The molecule has 23 heavy (non-hydrogen) atoms. The van der Waals surface area contributed by atoms with E-state index in [0.29, 0.717) is 0 Å². The molecule has 6 nitrogen and oxygen atoms in total. The summed E-state index contributed by atoms with van der Waals surface area (Å²) in [5.74, 6) is 1.03. The number of thiazole rings is 1. The van der Waals surface area contributed by atoms with Crippen molar-refractivity contribution in [2.45, 2.75) is 19.9 Å². The maximum Gasteiger partial charge on any atom is 0.153 e. The van der Waals surface area contributed by atoms with E-state index in [9.17, 15) is 0 Å². The van der Waals surface area contributed by atoms with Crippen LogP contribution in [0.15, 0.2) is 29.9 Å². The van der Waals surface area contributed by atoms with Gasteiger partial charge in [0.2, 0.25) is 0 Å². The largest absolute Gasteiger partial charge is 0.354 e. The van der Waals surface area contributed by atoms with Crippen LogP contribution in [0.2, 0.25) is 0 Å². The van der Waals surface area contributed by atoms with Crippen molar-refractivity contribution in [2.75, 3.05) is 31.1 Å². The first-order valence-corrected chi connectivity index (χ1v) is 8.84. The normalized spacial score (nSPS) is 16.8. The highest BCUT2D eigenvalue weighted by Crippen LogP contribution is 2.16. The Bertz CT molecular complexity index is 795. The van der Waals surface area contributed by atoms with Crippen molar-refractivity contribution in [1.82, 2.24) is 24.5 Å². The molecule has 0 saturated carbocycles. The molecule has 0 atom stereocenters. The highest BCUT2D eigenvalue weighted by atomic mass is 32.1. The molecule has 0 bridgehead atoms. The van der Waals surface area contributed by atoms with Gasteiger partial charge in [0.05, 0.1) is 10.7 Å². The molecule has 0 amide bonds. The molecule has 4 heterocycles. The Hall–Kier alpha value is -1.99. The number of nitrogens with zero attached hydrogens (tertiary/aromatic N) is 6. The quantitative estimate of drug-likeness (QED) is 0.738. The molecule has 3 aromatic rings. The molecule has 4 rings (SSSR count). The molecule has 0 spiro atoms. The van der Waals surface area contributed by atoms with E-state index in [1.54, 1.807) is 17.5 Å². The Kier molecular flexibility index (Phi) is 3.97. The van der Waals surface area contributed by atoms with Crippen LogP contribution in [-0.4, -0.2) is 50.7 Å². The summed E-state index contributed by atoms with van der Waals surface area (Å²) in [5.41, 5.74) is 2.09. The first-order valence-electron chi connectivity index (χ1n) is 7.97. The fourth-order valence-corrected chi connectivity index (χ4v) is 3.65. The van der Waals surface area contributed by atoms with Gasteiger partial charge in [-0.3, -0.25) is 4.90 Å². The van der Waals surface area contributed by atoms with Crippen LogP contribution in [0.4, 0.5) is 5.82 Å². The summed E-state index contributed by atoms with van der Waals surface area (Å²) >= 11 is 1.73. The van der Waals surface area contributed by atoms with E-state index in [1.165, 1.54) is 5.69 Å². The number of imidazole rings is 1. The zero-order valence-corrected chi connectivity index (χ0v) is 14.0. The van der Waals surface area contributed by atoms with E-state index in [2.05, 4.69) is 43.2 Å². The lowest BCUT2D eigenvalue weighted by Gasteiger charge is -2.22. The molecule has 120 valence electrons. The van der Waals surface area contributed by atoms with Gasteiger partial charge in [-0.15, -0.1) is 16.4 Å². The monoisotopic (exact) mass is 328 g/mol. The summed E-state index contributed by atoms with van der Waals surface area (Å²) in [6, 6.07) is 4.10.